The van der Waals surface area contributed by atoms with Gasteiger partial charge in [-0.15, -0.1) is 0 Å². The van der Waals surface area contributed by atoms with Crippen molar-refractivity contribution in [3.63, 3.8) is 0 Å². The summed E-state index contributed by atoms with van der Waals surface area (Å²) < 4.78 is 29.8. The molecule has 1 aromatic rings. The van der Waals surface area contributed by atoms with E-state index in [0.717, 1.165) is 24.1 Å². The van der Waals surface area contributed by atoms with Crippen molar-refractivity contribution in [3.8, 4) is 5.75 Å². The van der Waals surface area contributed by atoms with E-state index in [9.17, 15) is 13.6 Å². The van der Waals surface area contributed by atoms with Crippen molar-refractivity contribution in [2.24, 2.45) is 5.92 Å². The van der Waals surface area contributed by atoms with Gasteiger partial charge in [-0.05, 0) is 50.4 Å². The van der Waals surface area contributed by atoms with Crippen LogP contribution in [0.1, 0.15) is 29.5 Å². The average Bonchev–Trinajstić information content (AvgIpc) is 2.44. The van der Waals surface area contributed by atoms with Gasteiger partial charge >= 0.3 is 12.6 Å². The number of nitrogens with zero attached hydrogens (tertiary/aromatic N) is 1. The fourth-order valence-corrected chi connectivity index (χ4v) is 2.82. The first kappa shape index (κ1) is 16.7. The van der Waals surface area contributed by atoms with E-state index in [1.54, 1.807) is 6.07 Å². The molecule has 0 radical (unpaired) electrons. The summed E-state index contributed by atoms with van der Waals surface area (Å²) in [5.41, 5.74) is 2.57. The molecule has 0 spiro atoms. The number of carboxylic acid groups (broad SMARTS) is 1. The third-order valence-corrected chi connectivity index (χ3v) is 4.14. The maximum Gasteiger partial charge on any atom is 0.387 e. The van der Waals surface area contributed by atoms with E-state index >= 15 is 0 Å². The highest BCUT2D eigenvalue weighted by molar-refractivity contribution is 5.70. The average molecular weight is 313 g/mol. The molecule has 1 N–H and O–H groups in total. The molecule has 1 aliphatic heterocycles. The Bertz CT molecular complexity index is 548. The Kier molecular flexibility index (Phi) is 5.34. The van der Waals surface area contributed by atoms with Gasteiger partial charge in [0.1, 0.15) is 5.75 Å². The van der Waals surface area contributed by atoms with E-state index in [0.29, 0.717) is 25.1 Å². The van der Waals surface area contributed by atoms with Crippen molar-refractivity contribution < 1.29 is 23.4 Å². The lowest BCUT2D eigenvalue weighted by Crippen LogP contribution is -2.38. The quantitative estimate of drug-likeness (QED) is 0.907. The number of carboxylic acids is 1. The lowest BCUT2D eigenvalue weighted by atomic mass is 9.97. The molecule has 0 bridgehead atoms. The lowest BCUT2D eigenvalue weighted by Gasteiger charge is -2.31. The number of piperidine rings is 1. The summed E-state index contributed by atoms with van der Waals surface area (Å²) in [6, 6.07) is 3.47. The summed E-state index contributed by atoms with van der Waals surface area (Å²) in [5, 5.41) is 9.13. The van der Waals surface area contributed by atoms with E-state index in [1.807, 2.05) is 24.8 Å². The molecule has 0 aromatic heterocycles. The van der Waals surface area contributed by atoms with Gasteiger partial charge in [0.15, 0.2) is 0 Å². The maximum atomic E-state index is 12.6. The van der Waals surface area contributed by atoms with Gasteiger partial charge < -0.3 is 9.84 Å². The highest BCUT2D eigenvalue weighted by atomic mass is 19.3. The molecule has 1 saturated heterocycles. The molecule has 2 rings (SSSR count). The van der Waals surface area contributed by atoms with E-state index in [-0.39, 0.29) is 11.7 Å². The van der Waals surface area contributed by atoms with Crippen molar-refractivity contribution in [3.05, 3.63) is 28.8 Å². The number of hydrogen-bond donors (Lipinski definition) is 1. The first-order chi connectivity index (χ1) is 10.4. The summed E-state index contributed by atoms with van der Waals surface area (Å²) in [7, 11) is 0. The van der Waals surface area contributed by atoms with Crippen LogP contribution >= 0.6 is 0 Å². The molecule has 1 heterocycles. The highest BCUT2D eigenvalue weighted by Gasteiger charge is 2.26. The van der Waals surface area contributed by atoms with Gasteiger partial charge in [0.05, 0.1) is 5.92 Å². The Hall–Kier alpha value is -1.69. The molecule has 1 unspecified atom stereocenters. The molecular formula is C16H21F2NO3. The Morgan fingerprint density at radius 2 is 2.09 bits per heavy atom. The second kappa shape index (κ2) is 7.05. The zero-order valence-electron chi connectivity index (χ0n) is 12.8. The summed E-state index contributed by atoms with van der Waals surface area (Å²) >= 11 is 0. The number of ether oxygens (including phenoxy) is 1. The van der Waals surface area contributed by atoms with Gasteiger partial charge in [0, 0.05) is 18.7 Å². The predicted molar refractivity (Wildman–Crippen MR) is 78.2 cm³/mol. The molecule has 0 aliphatic carbocycles. The number of alkyl halides is 2. The summed E-state index contributed by atoms with van der Waals surface area (Å²) in [6.07, 6.45) is 1.46. The molecule has 22 heavy (non-hydrogen) atoms. The van der Waals surface area contributed by atoms with E-state index in [2.05, 4.69) is 4.74 Å². The molecule has 1 aliphatic rings. The molecule has 1 fully saturated rings. The minimum Gasteiger partial charge on any atom is -0.481 e. The van der Waals surface area contributed by atoms with Crippen LogP contribution in [0.25, 0.3) is 0 Å². The molecule has 1 aromatic carbocycles. The molecule has 4 nitrogen and oxygen atoms in total. The summed E-state index contributed by atoms with van der Waals surface area (Å²) in [4.78, 5) is 13.1. The fraction of sp³-hybridized carbons (Fsp3) is 0.562. The number of likely N-dealkylation sites (tertiary alicyclic amines) is 1. The van der Waals surface area contributed by atoms with Crippen LogP contribution in [0.3, 0.4) is 0 Å². The smallest absolute Gasteiger partial charge is 0.387 e. The van der Waals surface area contributed by atoms with Crippen LogP contribution in [0.4, 0.5) is 8.78 Å². The first-order valence-corrected chi connectivity index (χ1v) is 7.37. The topological polar surface area (TPSA) is 49.8 Å². The molecule has 6 heteroatoms. The summed E-state index contributed by atoms with van der Waals surface area (Å²) in [5.74, 6) is -1.01. The molecule has 0 saturated carbocycles. The largest absolute Gasteiger partial charge is 0.481 e. The minimum atomic E-state index is -2.87. The second-order valence-corrected chi connectivity index (χ2v) is 5.84. The van der Waals surface area contributed by atoms with Crippen molar-refractivity contribution in [2.75, 3.05) is 13.1 Å². The Labute approximate surface area is 128 Å². The van der Waals surface area contributed by atoms with Crippen LogP contribution in [-0.4, -0.2) is 35.7 Å². The zero-order valence-corrected chi connectivity index (χ0v) is 12.8. The van der Waals surface area contributed by atoms with Crippen LogP contribution in [-0.2, 0) is 11.3 Å². The van der Waals surface area contributed by atoms with Gasteiger partial charge in [-0.1, -0.05) is 6.07 Å². The number of benzene rings is 1. The normalized spacial score (nSPS) is 19.4. The number of halogens is 2. The monoisotopic (exact) mass is 313 g/mol. The Balaban J connectivity index is 2.17. The Morgan fingerprint density at radius 3 is 2.73 bits per heavy atom. The third kappa shape index (κ3) is 4.16. The molecular weight excluding hydrogens is 292 g/mol. The number of aryl methyl sites for hydroxylation is 2. The van der Waals surface area contributed by atoms with Crippen LogP contribution in [0, 0.1) is 19.8 Å². The van der Waals surface area contributed by atoms with Crippen molar-refractivity contribution in [1.29, 1.82) is 0 Å². The van der Waals surface area contributed by atoms with Crippen molar-refractivity contribution in [1.82, 2.24) is 4.90 Å². The predicted octanol–water partition coefficient (Wildman–Crippen LogP) is 3.20. The van der Waals surface area contributed by atoms with Crippen LogP contribution in [0.15, 0.2) is 12.1 Å². The molecule has 0 amide bonds. The highest BCUT2D eigenvalue weighted by Crippen LogP contribution is 2.28. The molecule has 122 valence electrons. The van der Waals surface area contributed by atoms with Crippen LogP contribution in [0.5, 0.6) is 5.75 Å². The Morgan fingerprint density at radius 1 is 1.41 bits per heavy atom. The van der Waals surface area contributed by atoms with Gasteiger partial charge in [0.2, 0.25) is 0 Å². The van der Waals surface area contributed by atoms with Gasteiger partial charge in [-0.3, -0.25) is 9.69 Å². The first-order valence-electron chi connectivity index (χ1n) is 7.37. The second-order valence-electron chi connectivity index (χ2n) is 5.84. The number of hydrogen-bond acceptors (Lipinski definition) is 3. The van der Waals surface area contributed by atoms with Gasteiger partial charge in [-0.2, -0.15) is 8.78 Å². The summed E-state index contributed by atoms with van der Waals surface area (Å²) in [6.45, 7) is 2.53. The van der Waals surface area contributed by atoms with Crippen LogP contribution in [0.2, 0.25) is 0 Å². The number of rotatable bonds is 5. The van der Waals surface area contributed by atoms with Crippen molar-refractivity contribution in [2.45, 2.75) is 39.8 Å². The van der Waals surface area contributed by atoms with E-state index < -0.39 is 12.6 Å². The number of carbonyl (C=O) groups is 1. The van der Waals surface area contributed by atoms with E-state index in [4.69, 9.17) is 5.11 Å². The lowest BCUT2D eigenvalue weighted by molar-refractivity contribution is -0.143. The number of aliphatic carboxylic acids is 1. The van der Waals surface area contributed by atoms with E-state index in [1.165, 1.54) is 0 Å². The van der Waals surface area contributed by atoms with Crippen molar-refractivity contribution >= 4 is 5.97 Å². The van der Waals surface area contributed by atoms with Gasteiger partial charge in [0.25, 0.3) is 0 Å². The zero-order chi connectivity index (χ0) is 16.3. The minimum absolute atomic E-state index is 0.176. The molecule has 1 atom stereocenters. The standard InChI is InChI=1S/C16H21F2NO3/c1-10-6-13(14(7-11(10)2)22-16(17)18)9-19-5-3-4-12(8-19)15(20)21/h6-7,12,16H,3-5,8-9H2,1-2H3,(H,20,21). The SMILES string of the molecule is Cc1cc(CN2CCCC(C(=O)O)C2)c(OC(F)F)cc1C. The fourth-order valence-electron chi connectivity index (χ4n) is 2.82. The maximum absolute atomic E-state index is 12.6. The third-order valence-electron chi connectivity index (χ3n) is 4.14. The van der Waals surface area contributed by atoms with Gasteiger partial charge in [-0.25, -0.2) is 0 Å². The van der Waals surface area contributed by atoms with Crippen LogP contribution < -0.4 is 4.74 Å².